The van der Waals surface area contributed by atoms with Crippen LogP contribution in [0, 0.1) is 24.1 Å². The molecule has 0 radical (unpaired) electrons. The molecule has 0 bridgehead atoms. The second-order valence-electron chi connectivity index (χ2n) is 13.6. The summed E-state index contributed by atoms with van der Waals surface area (Å²) in [5, 5.41) is 10.8. The molecule has 246 valence electrons. The van der Waals surface area contributed by atoms with Crippen molar-refractivity contribution in [1.29, 1.82) is 0 Å². The number of hydrogen-bond acceptors (Lipinski definition) is 6. The van der Waals surface area contributed by atoms with Crippen molar-refractivity contribution < 1.29 is 33.3 Å². The van der Waals surface area contributed by atoms with Crippen LogP contribution < -0.4 is 9.64 Å². The molecule has 2 aromatic carbocycles. The van der Waals surface area contributed by atoms with Crippen LogP contribution in [0.4, 0.5) is 10.1 Å². The van der Waals surface area contributed by atoms with E-state index in [1.165, 1.54) is 6.07 Å². The van der Waals surface area contributed by atoms with Crippen LogP contribution in [-0.2, 0) is 25.5 Å². The van der Waals surface area contributed by atoms with E-state index in [0.29, 0.717) is 44.0 Å². The van der Waals surface area contributed by atoms with Crippen LogP contribution in [0.2, 0.25) is 0 Å². The molecule has 1 unspecified atom stereocenters. The molecule has 9 heteroatoms. The molecule has 2 fully saturated rings. The van der Waals surface area contributed by atoms with E-state index in [0.717, 1.165) is 49.0 Å². The second kappa shape index (κ2) is 14.2. The number of fused-ring (bicyclic) bond motifs is 1. The van der Waals surface area contributed by atoms with Gasteiger partial charge in [0.1, 0.15) is 11.6 Å². The first-order valence-electron chi connectivity index (χ1n) is 16.6. The number of ether oxygens (including phenoxy) is 3. The van der Waals surface area contributed by atoms with Gasteiger partial charge in [-0.3, -0.25) is 14.5 Å². The average Bonchev–Trinajstić information content (AvgIpc) is 3.76. The van der Waals surface area contributed by atoms with Gasteiger partial charge in [-0.2, -0.15) is 0 Å². The number of carboxylic acids is 1. The van der Waals surface area contributed by atoms with Gasteiger partial charge in [0.05, 0.1) is 32.3 Å². The molecule has 1 N–H and O–H groups in total. The number of likely N-dealkylation sites (tertiary alicyclic amines) is 1. The van der Waals surface area contributed by atoms with Gasteiger partial charge >= 0.3 is 5.97 Å². The molecular weight excluding hydrogens is 575 g/mol. The number of aliphatic carboxylic acids is 1. The number of carbonyl (C=O) groups is 2. The molecule has 2 aromatic rings. The summed E-state index contributed by atoms with van der Waals surface area (Å²) in [6, 6.07) is 10.4. The van der Waals surface area contributed by atoms with Gasteiger partial charge in [0.15, 0.2) is 6.29 Å². The average molecular weight is 625 g/mol. The number of amides is 1. The molecule has 3 atom stereocenters. The third-order valence-electron chi connectivity index (χ3n) is 9.81. The number of anilines is 1. The molecule has 0 aromatic heterocycles. The molecule has 3 heterocycles. The normalized spacial score (nSPS) is 22.2. The third kappa shape index (κ3) is 7.21. The van der Waals surface area contributed by atoms with Gasteiger partial charge in [-0.15, -0.1) is 0 Å². The van der Waals surface area contributed by atoms with E-state index in [1.807, 2.05) is 30.9 Å². The lowest BCUT2D eigenvalue weighted by Crippen LogP contribution is -2.49. The van der Waals surface area contributed by atoms with E-state index in [1.54, 1.807) is 19.1 Å². The maximum absolute atomic E-state index is 14.5. The maximum atomic E-state index is 14.5. The highest BCUT2D eigenvalue weighted by Crippen LogP contribution is 2.45. The van der Waals surface area contributed by atoms with Crippen molar-refractivity contribution >= 4 is 17.6 Å². The number of halogens is 1. The summed E-state index contributed by atoms with van der Waals surface area (Å²) >= 11 is 0. The highest BCUT2D eigenvalue weighted by molar-refractivity contribution is 5.95. The fourth-order valence-electron chi connectivity index (χ4n) is 7.62. The Kier molecular flexibility index (Phi) is 10.5. The quantitative estimate of drug-likeness (QED) is 0.279. The number of hydrogen-bond donors (Lipinski definition) is 1. The molecule has 8 nitrogen and oxygen atoms in total. The Morgan fingerprint density at radius 1 is 1.07 bits per heavy atom. The number of carbonyl (C=O) groups excluding carboxylic acids is 1. The number of carboxylic acid groups (broad SMARTS) is 1. The molecular formula is C36H49FN2O6. The largest absolute Gasteiger partial charge is 0.493 e. The summed E-state index contributed by atoms with van der Waals surface area (Å²) in [6.45, 7) is 12.2. The maximum Gasteiger partial charge on any atom is 0.308 e. The van der Waals surface area contributed by atoms with E-state index in [4.69, 9.17) is 14.2 Å². The van der Waals surface area contributed by atoms with Gasteiger partial charge in [-0.05, 0) is 67.1 Å². The van der Waals surface area contributed by atoms with E-state index in [2.05, 4.69) is 24.8 Å². The van der Waals surface area contributed by atoms with Gasteiger partial charge < -0.3 is 24.2 Å². The Morgan fingerprint density at radius 2 is 1.78 bits per heavy atom. The Bertz CT molecular complexity index is 1350. The summed E-state index contributed by atoms with van der Waals surface area (Å²) < 4.78 is 31.9. The standard InChI is InChI=1S/C36H49FN2O6/c1-6-8-26(9-7-2)39(27-11-12-29(37)23(3)18-27)32(40)22-38-21-28(24-10-13-31-25(19-24)14-15-43-31)33(34(41)42)30(38)20-36(4,5)35-44-16-17-45-35/h10-13,18-19,26,28,30,33,35H,6-9,14-17,20-22H2,1-5H3,(H,41,42)/t28-,30+,33?/m1/s1. The lowest BCUT2D eigenvalue weighted by molar-refractivity contribution is -0.147. The molecule has 2 saturated heterocycles. The number of nitrogens with zero attached hydrogens (tertiary/aromatic N) is 2. The minimum atomic E-state index is -0.874. The predicted molar refractivity (Wildman–Crippen MR) is 171 cm³/mol. The Balaban J connectivity index is 1.51. The summed E-state index contributed by atoms with van der Waals surface area (Å²) in [6.07, 6.45) is 4.28. The van der Waals surface area contributed by atoms with Crippen molar-refractivity contribution in [2.24, 2.45) is 11.3 Å². The minimum Gasteiger partial charge on any atom is -0.493 e. The Hall–Kier alpha value is -3.01. The van der Waals surface area contributed by atoms with Crippen molar-refractivity contribution in [1.82, 2.24) is 4.90 Å². The molecule has 1 amide bonds. The zero-order valence-corrected chi connectivity index (χ0v) is 27.4. The molecule has 5 rings (SSSR count). The van der Waals surface area contributed by atoms with Gasteiger partial charge in [-0.1, -0.05) is 52.7 Å². The zero-order chi connectivity index (χ0) is 32.3. The van der Waals surface area contributed by atoms with Crippen LogP contribution in [0.3, 0.4) is 0 Å². The number of rotatable bonds is 13. The topological polar surface area (TPSA) is 88.5 Å². The highest BCUT2D eigenvalue weighted by atomic mass is 19.1. The van der Waals surface area contributed by atoms with Gasteiger partial charge in [0, 0.05) is 42.1 Å². The van der Waals surface area contributed by atoms with Gasteiger partial charge in [0.25, 0.3) is 0 Å². The van der Waals surface area contributed by atoms with Crippen molar-refractivity contribution in [3.63, 3.8) is 0 Å². The SMILES string of the molecule is CCCC(CCC)N(C(=O)CN1C[C@H](c2ccc3c(c2)CCO3)C(C(=O)O)[C@@H]1CC(C)(C)C1OCCO1)c1ccc(F)c(C)c1. The van der Waals surface area contributed by atoms with E-state index < -0.39 is 29.6 Å². The fraction of sp³-hybridized carbons (Fsp3) is 0.611. The lowest BCUT2D eigenvalue weighted by Gasteiger charge is -2.38. The predicted octanol–water partition coefficient (Wildman–Crippen LogP) is 6.33. The molecule has 3 aliphatic rings. The van der Waals surface area contributed by atoms with Crippen LogP contribution in [0.1, 0.15) is 82.4 Å². The lowest BCUT2D eigenvalue weighted by atomic mass is 9.77. The monoisotopic (exact) mass is 624 g/mol. The van der Waals surface area contributed by atoms with Crippen LogP contribution in [0.5, 0.6) is 5.75 Å². The molecule has 0 saturated carbocycles. The third-order valence-corrected chi connectivity index (χ3v) is 9.81. The first kappa shape index (κ1) is 33.4. The van der Waals surface area contributed by atoms with Crippen LogP contribution >= 0.6 is 0 Å². The van der Waals surface area contributed by atoms with Gasteiger partial charge in [-0.25, -0.2) is 4.39 Å². The zero-order valence-electron chi connectivity index (χ0n) is 27.4. The Labute approximate surface area is 266 Å². The van der Waals surface area contributed by atoms with E-state index in [9.17, 15) is 19.1 Å². The van der Waals surface area contributed by atoms with Crippen molar-refractivity contribution in [2.75, 3.05) is 37.8 Å². The minimum absolute atomic E-state index is 0.0436. The smallest absolute Gasteiger partial charge is 0.308 e. The van der Waals surface area contributed by atoms with E-state index >= 15 is 0 Å². The first-order chi connectivity index (χ1) is 21.5. The number of aryl methyl sites for hydroxylation is 1. The molecule has 45 heavy (non-hydrogen) atoms. The van der Waals surface area contributed by atoms with Gasteiger partial charge in [0.2, 0.25) is 5.91 Å². The summed E-state index contributed by atoms with van der Waals surface area (Å²) in [5.74, 6) is -1.47. The Morgan fingerprint density at radius 3 is 2.42 bits per heavy atom. The van der Waals surface area contributed by atoms with Crippen molar-refractivity contribution in [3.8, 4) is 5.75 Å². The van der Waals surface area contributed by atoms with E-state index in [-0.39, 0.29) is 30.2 Å². The van der Waals surface area contributed by atoms with Crippen molar-refractivity contribution in [2.45, 2.75) is 97.4 Å². The first-order valence-corrected chi connectivity index (χ1v) is 16.6. The van der Waals surface area contributed by atoms with Crippen molar-refractivity contribution in [3.05, 3.63) is 58.9 Å². The summed E-state index contributed by atoms with van der Waals surface area (Å²) in [7, 11) is 0. The summed E-state index contributed by atoms with van der Waals surface area (Å²) in [4.78, 5) is 31.6. The number of benzene rings is 2. The molecule has 3 aliphatic heterocycles. The molecule has 0 aliphatic carbocycles. The summed E-state index contributed by atoms with van der Waals surface area (Å²) in [5.41, 5.74) is 2.73. The molecule has 0 spiro atoms. The van der Waals surface area contributed by atoms with Crippen LogP contribution in [0.15, 0.2) is 36.4 Å². The highest BCUT2D eigenvalue weighted by Gasteiger charge is 2.51. The van der Waals surface area contributed by atoms with Crippen LogP contribution in [0.25, 0.3) is 0 Å². The van der Waals surface area contributed by atoms with Crippen LogP contribution in [-0.4, -0.2) is 73.2 Å². The fourth-order valence-corrected chi connectivity index (χ4v) is 7.62. The second-order valence-corrected chi connectivity index (χ2v) is 13.6.